The van der Waals surface area contributed by atoms with E-state index in [2.05, 4.69) is 15.0 Å². The molecule has 2 aromatic rings. The van der Waals surface area contributed by atoms with Crippen LogP contribution in [0, 0.1) is 0 Å². The molecule has 1 atom stereocenters. The molecular weight excluding hydrogens is 372 g/mol. The van der Waals surface area contributed by atoms with Crippen LogP contribution in [0.3, 0.4) is 0 Å². The molecule has 0 fully saturated rings. The lowest BCUT2D eigenvalue weighted by molar-refractivity contribution is -0.116. The molecule has 1 unspecified atom stereocenters. The molecule has 1 N–H and O–H groups in total. The summed E-state index contributed by atoms with van der Waals surface area (Å²) in [5, 5.41) is 6.82. The summed E-state index contributed by atoms with van der Waals surface area (Å²) in [6, 6.07) is 7.74. The summed E-state index contributed by atoms with van der Waals surface area (Å²) in [6.07, 6.45) is 2.73. The van der Waals surface area contributed by atoms with E-state index in [0.29, 0.717) is 22.0 Å². The van der Waals surface area contributed by atoms with E-state index >= 15 is 0 Å². The van der Waals surface area contributed by atoms with Crippen LogP contribution in [0.4, 0.5) is 5.69 Å². The summed E-state index contributed by atoms with van der Waals surface area (Å²) in [4.78, 5) is 12.0. The van der Waals surface area contributed by atoms with Crippen LogP contribution >= 0.6 is 23.5 Å². The van der Waals surface area contributed by atoms with Gasteiger partial charge >= 0.3 is 0 Å². The van der Waals surface area contributed by atoms with Crippen LogP contribution in [0.25, 0.3) is 0 Å². The van der Waals surface area contributed by atoms with Crippen molar-refractivity contribution >= 4 is 45.2 Å². The minimum atomic E-state index is -3.63. The lowest BCUT2D eigenvalue weighted by Crippen LogP contribution is -2.26. The topological polar surface area (TPSA) is 92.9 Å². The van der Waals surface area contributed by atoms with Gasteiger partial charge in [-0.05, 0) is 17.7 Å². The molecule has 126 valence electrons. The van der Waals surface area contributed by atoms with Crippen LogP contribution in [-0.4, -0.2) is 30.1 Å². The molecule has 7 nitrogen and oxygen atoms in total. The van der Waals surface area contributed by atoms with E-state index in [1.54, 1.807) is 24.3 Å². The highest BCUT2D eigenvalue weighted by Gasteiger charge is 2.23. The number of anilines is 1. The van der Waals surface area contributed by atoms with Gasteiger partial charge in [0.05, 0.1) is 17.2 Å². The number of carbonyl (C=O) groups is 1. The lowest BCUT2D eigenvalue weighted by Gasteiger charge is -2.07. The summed E-state index contributed by atoms with van der Waals surface area (Å²) in [6.45, 7) is 0. The lowest BCUT2D eigenvalue weighted by atomic mass is 10.2. The van der Waals surface area contributed by atoms with Crippen molar-refractivity contribution in [3.05, 3.63) is 53.3 Å². The number of rotatable bonds is 5. The Bertz CT molecular complexity index is 895. The van der Waals surface area contributed by atoms with Crippen molar-refractivity contribution in [1.29, 1.82) is 0 Å². The summed E-state index contributed by atoms with van der Waals surface area (Å²) in [5.41, 5.74) is 0.900. The molecule has 1 aromatic heterocycles. The van der Waals surface area contributed by atoms with Crippen molar-refractivity contribution in [3.8, 4) is 0 Å². The molecule has 3 rings (SSSR count). The summed E-state index contributed by atoms with van der Waals surface area (Å²) in [7, 11) is -3.63. The molecule has 0 bridgehead atoms. The van der Waals surface area contributed by atoms with Gasteiger partial charge in [-0.1, -0.05) is 29.8 Å². The number of amides is 1. The monoisotopic (exact) mass is 384 g/mol. The Balaban J connectivity index is 1.73. The standard InChI is InChI=1S/C14H13ClN4O3S2/c15-12-4-2-1-3-10(12)9-24(21,22)19-6-5-11(7-19)16-14(20)13-8-23-18-17-13/h1-7,13H,8-9H2,(H,16,20). The molecule has 1 aromatic carbocycles. The second-order valence-corrected chi connectivity index (χ2v) is 8.11. The van der Waals surface area contributed by atoms with Crippen LogP contribution in [-0.2, 0) is 20.6 Å². The predicted molar refractivity (Wildman–Crippen MR) is 93.6 cm³/mol. The van der Waals surface area contributed by atoms with Crippen molar-refractivity contribution in [2.75, 3.05) is 11.1 Å². The van der Waals surface area contributed by atoms with Crippen molar-refractivity contribution in [3.63, 3.8) is 0 Å². The third kappa shape index (κ3) is 3.80. The Kier molecular flexibility index (Phi) is 4.93. The van der Waals surface area contributed by atoms with Gasteiger partial charge in [0.1, 0.15) is 0 Å². The highest BCUT2D eigenvalue weighted by Crippen LogP contribution is 2.21. The van der Waals surface area contributed by atoms with Crippen molar-refractivity contribution in [2.24, 2.45) is 9.63 Å². The first-order valence-electron chi connectivity index (χ1n) is 6.93. The number of nitrogens with one attached hydrogen (secondary N) is 1. The van der Waals surface area contributed by atoms with E-state index in [4.69, 9.17) is 11.6 Å². The smallest absolute Gasteiger partial charge is 0.252 e. The van der Waals surface area contributed by atoms with Gasteiger partial charge in [0, 0.05) is 29.4 Å². The third-order valence-corrected chi connectivity index (χ3v) is 5.92. The maximum atomic E-state index is 12.5. The third-order valence-electron chi connectivity index (χ3n) is 3.33. The first-order valence-corrected chi connectivity index (χ1v) is 9.86. The number of halogens is 1. The minimum absolute atomic E-state index is 0.234. The normalized spacial score (nSPS) is 17.1. The maximum absolute atomic E-state index is 12.5. The van der Waals surface area contributed by atoms with Gasteiger partial charge in [-0.25, -0.2) is 8.42 Å². The van der Waals surface area contributed by atoms with Gasteiger partial charge in [-0.3, -0.25) is 8.77 Å². The van der Waals surface area contributed by atoms with Gasteiger partial charge in [-0.15, -0.1) is 4.52 Å². The van der Waals surface area contributed by atoms with Crippen molar-refractivity contribution < 1.29 is 13.2 Å². The Morgan fingerprint density at radius 2 is 2.17 bits per heavy atom. The summed E-state index contributed by atoms with van der Waals surface area (Å²) < 4.78 is 29.7. The largest absolute Gasteiger partial charge is 0.323 e. The average Bonchev–Trinajstić information content (AvgIpc) is 3.20. The highest BCUT2D eigenvalue weighted by atomic mass is 35.5. The zero-order valence-corrected chi connectivity index (χ0v) is 14.7. The fraction of sp³-hybridized carbons (Fsp3) is 0.214. The van der Waals surface area contributed by atoms with Crippen molar-refractivity contribution in [1.82, 2.24) is 3.97 Å². The van der Waals surface area contributed by atoms with Crippen LogP contribution in [0.15, 0.2) is 52.4 Å². The molecule has 24 heavy (non-hydrogen) atoms. The van der Waals surface area contributed by atoms with Crippen LogP contribution in [0.1, 0.15) is 5.56 Å². The van der Waals surface area contributed by atoms with E-state index < -0.39 is 16.1 Å². The highest BCUT2D eigenvalue weighted by molar-refractivity contribution is 7.98. The molecule has 0 saturated heterocycles. The number of hydrogen-bond donors (Lipinski definition) is 1. The summed E-state index contributed by atoms with van der Waals surface area (Å²) >= 11 is 7.23. The Hall–Kier alpha value is -1.84. The van der Waals surface area contributed by atoms with E-state index in [-0.39, 0.29) is 11.7 Å². The van der Waals surface area contributed by atoms with Gasteiger partial charge in [0.15, 0.2) is 6.04 Å². The average molecular weight is 385 g/mol. The molecule has 0 spiro atoms. The van der Waals surface area contributed by atoms with Gasteiger partial charge < -0.3 is 5.32 Å². The molecular formula is C14H13ClN4O3S2. The van der Waals surface area contributed by atoms with Crippen LogP contribution in [0.5, 0.6) is 0 Å². The Labute approximate surface area is 148 Å². The Morgan fingerprint density at radius 3 is 2.88 bits per heavy atom. The molecule has 1 aliphatic heterocycles. The molecule has 1 amide bonds. The first-order chi connectivity index (χ1) is 11.5. The number of benzene rings is 1. The molecule has 2 heterocycles. The molecule has 1 aliphatic rings. The van der Waals surface area contributed by atoms with E-state index in [1.807, 2.05) is 0 Å². The Morgan fingerprint density at radius 1 is 1.38 bits per heavy atom. The van der Waals surface area contributed by atoms with Gasteiger partial charge in [-0.2, -0.15) is 5.11 Å². The van der Waals surface area contributed by atoms with E-state index in [1.165, 1.54) is 30.4 Å². The molecule has 0 radical (unpaired) electrons. The van der Waals surface area contributed by atoms with Crippen LogP contribution in [0.2, 0.25) is 5.02 Å². The maximum Gasteiger partial charge on any atom is 0.252 e. The second-order valence-electron chi connectivity index (χ2n) is 5.08. The molecule has 10 heteroatoms. The zero-order chi connectivity index (χ0) is 17.2. The number of hydrogen-bond acceptors (Lipinski definition) is 6. The van der Waals surface area contributed by atoms with Gasteiger partial charge in [0.25, 0.3) is 5.91 Å². The zero-order valence-electron chi connectivity index (χ0n) is 12.3. The quantitative estimate of drug-likeness (QED) is 0.802. The van der Waals surface area contributed by atoms with E-state index in [9.17, 15) is 13.2 Å². The van der Waals surface area contributed by atoms with Crippen molar-refractivity contribution in [2.45, 2.75) is 11.8 Å². The summed E-state index contributed by atoms with van der Waals surface area (Å²) in [5.74, 6) is -0.0652. The van der Waals surface area contributed by atoms with Crippen LogP contribution < -0.4 is 5.32 Å². The number of aromatic nitrogens is 1. The predicted octanol–water partition coefficient (Wildman–Crippen LogP) is 2.94. The number of carbonyl (C=O) groups excluding carboxylic acids is 1. The first kappa shape index (κ1) is 17.0. The minimum Gasteiger partial charge on any atom is -0.323 e. The fourth-order valence-corrected chi connectivity index (χ4v) is 4.29. The SMILES string of the molecule is O=C(Nc1ccn(S(=O)(=O)Cc2ccccc2Cl)c1)C1CSN=N1. The fourth-order valence-electron chi connectivity index (χ4n) is 2.09. The molecule has 0 saturated carbocycles. The van der Waals surface area contributed by atoms with E-state index in [0.717, 1.165) is 3.97 Å². The molecule has 0 aliphatic carbocycles. The van der Waals surface area contributed by atoms with Gasteiger partial charge in [0.2, 0.25) is 10.0 Å². The second kappa shape index (κ2) is 6.96. The number of nitrogens with zero attached hydrogens (tertiary/aromatic N) is 3.